The van der Waals surface area contributed by atoms with Crippen molar-refractivity contribution in [1.29, 1.82) is 0 Å². The smallest absolute Gasteiger partial charge is 0.409 e. The summed E-state index contributed by atoms with van der Waals surface area (Å²) in [6, 6.07) is 7.02. The highest BCUT2D eigenvalue weighted by atomic mass is 16.6. The van der Waals surface area contributed by atoms with E-state index in [1.807, 2.05) is 0 Å². The minimum absolute atomic E-state index is 0.0198. The van der Waals surface area contributed by atoms with Gasteiger partial charge in [0.15, 0.2) is 0 Å². The van der Waals surface area contributed by atoms with E-state index in [1.165, 1.54) is 0 Å². The Morgan fingerprint density at radius 2 is 1.93 bits per heavy atom. The molecule has 0 bridgehead atoms. The standard InChI is InChI=1S/C20H27N3O4/c1-3-27-20(26)23-9-7-15(8-10-23)21-18(24)14-5-4-6-16(12-14)22-19(25)17-11-13(17)2/h4-6,12-13,15,17H,3,7-11H2,1-2H3,(H,21,24)(H,22,25). The number of carbonyl (C=O) groups is 3. The lowest BCUT2D eigenvalue weighted by molar-refractivity contribution is -0.117. The molecular formula is C20H27N3O4. The van der Waals surface area contributed by atoms with E-state index in [0.717, 1.165) is 6.42 Å². The van der Waals surface area contributed by atoms with Crippen LogP contribution in [0.15, 0.2) is 24.3 Å². The van der Waals surface area contributed by atoms with Crippen LogP contribution in [0.3, 0.4) is 0 Å². The summed E-state index contributed by atoms with van der Waals surface area (Å²) in [5.74, 6) is 0.385. The Morgan fingerprint density at radius 3 is 2.56 bits per heavy atom. The lowest BCUT2D eigenvalue weighted by Gasteiger charge is -2.31. The highest BCUT2D eigenvalue weighted by Gasteiger charge is 2.39. The summed E-state index contributed by atoms with van der Waals surface area (Å²) < 4.78 is 5.00. The van der Waals surface area contributed by atoms with Crippen LogP contribution in [0.1, 0.15) is 43.5 Å². The number of benzene rings is 1. The Kier molecular flexibility index (Phi) is 5.98. The first-order valence-corrected chi connectivity index (χ1v) is 9.61. The lowest BCUT2D eigenvalue weighted by Crippen LogP contribution is -2.46. The molecule has 1 saturated heterocycles. The molecule has 0 radical (unpaired) electrons. The van der Waals surface area contributed by atoms with Gasteiger partial charge in [-0.2, -0.15) is 0 Å². The molecule has 3 amide bonds. The lowest BCUT2D eigenvalue weighted by atomic mass is 10.0. The molecule has 0 aromatic heterocycles. The van der Waals surface area contributed by atoms with Crippen LogP contribution in [0.4, 0.5) is 10.5 Å². The van der Waals surface area contributed by atoms with Crippen molar-refractivity contribution in [3.05, 3.63) is 29.8 Å². The molecule has 1 aliphatic heterocycles. The van der Waals surface area contributed by atoms with Crippen LogP contribution in [0.5, 0.6) is 0 Å². The van der Waals surface area contributed by atoms with Crippen LogP contribution in [-0.4, -0.2) is 48.5 Å². The molecule has 1 saturated carbocycles. The van der Waals surface area contributed by atoms with Gasteiger partial charge in [0.05, 0.1) is 6.61 Å². The number of nitrogens with one attached hydrogen (secondary N) is 2. The molecule has 3 rings (SSSR count). The van der Waals surface area contributed by atoms with E-state index in [-0.39, 0.29) is 29.9 Å². The first-order valence-electron chi connectivity index (χ1n) is 9.61. The summed E-state index contributed by atoms with van der Waals surface area (Å²) in [7, 11) is 0. The largest absolute Gasteiger partial charge is 0.450 e. The number of piperidine rings is 1. The van der Waals surface area contributed by atoms with Crippen LogP contribution >= 0.6 is 0 Å². The van der Waals surface area contributed by atoms with Gasteiger partial charge in [0.2, 0.25) is 5.91 Å². The summed E-state index contributed by atoms with van der Waals surface area (Å²) in [4.78, 5) is 38.0. The average Bonchev–Trinajstić information content (AvgIpc) is 3.39. The van der Waals surface area contributed by atoms with Gasteiger partial charge in [0, 0.05) is 36.3 Å². The third-order valence-corrected chi connectivity index (χ3v) is 5.19. The van der Waals surface area contributed by atoms with Gasteiger partial charge in [-0.15, -0.1) is 0 Å². The highest BCUT2D eigenvalue weighted by Crippen LogP contribution is 2.38. The third kappa shape index (κ3) is 4.99. The number of amides is 3. The zero-order chi connectivity index (χ0) is 19.4. The zero-order valence-electron chi connectivity index (χ0n) is 15.9. The molecule has 0 spiro atoms. The van der Waals surface area contributed by atoms with Gasteiger partial charge in [0.25, 0.3) is 5.91 Å². The van der Waals surface area contributed by atoms with Crippen LogP contribution in [0.2, 0.25) is 0 Å². The van der Waals surface area contributed by atoms with Gasteiger partial charge in [-0.1, -0.05) is 13.0 Å². The summed E-state index contributed by atoms with van der Waals surface area (Å²) in [6.45, 7) is 5.34. The average molecular weight is 373 g/mol. The predicted octanol–water partition coefficient (Wildman–Crippen LogP) is 2.63. The normalized spacial score (nSPS) is 22.1. The minimum atomic E-state index is -0.296. The van der Waals surface area contributed by atoms with Crippen molar-refractivity contribution < 1.29 is 19.1 Å². The number of nitrogens with zero attached hydrogens (tertiary/aromatic N) is 1. The second-order valence-corrected chi connectivity index (χ2v) is 7.32. The van der Waals surface area contributed by atoms with E-state index >= 15 is 0 Å². The summed E-state index contributed by atoms with van der Waals surface area (Å²) in [6.07, 6.45) is 2.02. The van der Waals surface area contributed by atoms with Crippen molar-refractivity contribution in [3.63, 3.8) is 0 Å². The summed E-state index contributed by atoms with van der Waals surface area (Å²) in [5.41, 5.74) is 1.16. The quantitative estimate of drug-likeness (QED) is 0.831. The molecule has 2 fully saturated rings. The van der Waals surface area contributed by atoms with Crippen LogP contribution in [0, 0.1) is 11.8 Å². The second kappa shape index (κ2) is 8.41. The Hall–Kier alpha value is -2.57. The molecule has 1 aromatic rings. The van der Waals surface area contributed by atoms with E-state index in [1.54, 1.807) is 36.1 Å². The van der Waals surface area contributed by atoms with Gasteiger partial charge in [-0.05, 0) is 50.3 Å². The molecule has 146 valence electrons. The van der Waals surface area contributed by atoms with Crippen molar-refractivity contribution in [3.8, 4) is 0 Å². The van der Waals surface area contributed by atoms with Gasteiger partial charge < -0.3 is 20.3 Å². The SMILES string of the molecule is CCOC(=O)N1CCC(NC(=O)c2cccc(NC(=O)C3CC3C)c2)CC1. The molecule has 2 atom stereocenters. The number of anilines is 1. The summed E-state index contributed by atoms with van der Waals surface area (Å²) >= 11 is 0. The van der Waals surface area contributed by atoms with Crippen LogP contribution in [-0.2, 0) is 9.53 Å². The van der Waals surface area contributed by atoms with E-state index < -0.39 is 0 Å². The third-order valence-electron chi connectivity index (χ3n) is 5.19. The Bertz CT molecular complexity index is 713. The highest BCUT2D eigenvalue weighted by molar-refractivity contribution is 5.98. The predicted molar refractivity (Wildman–Crippen MR) is 101 cm³/mol. The molecule has 2 aliphatic rings. The van der Waals surface area contributed by atoms with Gasteiger partial charge in [0.1, 0.15) is 0 Å². The van der Waals surface area contributed by atoms with Gasteiger partial charge in [-0.25, -0.2) is 4.79 Å². The van der Waals surface area contributed by atoms with Gasteiger partial charge >= 0.3 is 6.09 Å². The fourth-order valence-electron chi connectivity index (χ4n) is 3.35. The molecule has 2 unspecified atom stereocenters. The Balaban J connectivity index is 1.50. The fraction of sp³-hybridized carbons (Fsp3) is 0.550. The number of ether oxygens (including phenoxy) is 1. The minimum Gasteiger partial charge on any atom is -0.450 e. The van der Waals surface area contributed by atoms with Gasteiger partial charge in [-0.3, -0.25) is 9.59 Å². The van der Waals surface area contributed by atoms with Crippen molar-refractivity contribution in [2.45, 2.75) is 39.2 Å². The van der Waals surface area contributed by atoms with Crippen LogP contribution < -0.4 is 10.6 Å². The molecule has 27 heavy (non-hydrogen) atoms. The molecule has 7 nitrogen and oxygen atoms in total. The maximum absolute atomic E-state index is 12.5. The maximum atomic E-state index is 12.5. The molecule has 2 N–H and O–H groups in total. The molecule has 1 aromatic carbocycles. The number of hydrogen-bond donors (Lipinski definition) is 2. The van der Waals surface area contributed by atoms with E-state index in [4.69, 9.17) is 4.74 Å². The van der Waals surface area contributed by atoms with Crippen LogP contribution in [0.25, 0.3) is 0 Å². The Morgan fingerprint density at radius 1 is 1.22 bits per heavy atom. The van der Waals surface area contributed by atoms with E-state index in [0.29, 0.717) is 49.7 Å². The summed E-state index contributed by atoms with van der Waals surface area (Å²) in [5, 5.41) is 5.91. The van der Waals surface area contributed by atoms with Crippen molar-refractivity contribution in [2.24, 2.45) is 11.8 Å². The number of likely N-dealkylation sites (tertiary alicyclic amines) is 1. The van der Waals surface area contributed by atoms with Crippen molar-refractivity contribution >= 4 is 23.6 Å². The van der Waals surface area contributed by atoms with Crippen molar-refractivity contribution in [1.82, 2.24) is 10.2 Å². The molecular weight excluding hydrogens is 346 g/mol. The maximum Gasteiger partial charge on any atom is 0.409 e. The first kappa shape index (κ1) is 19.2. The number of carbonyl (C=O) groups excluding carboxylic acids is 3. The topological polar surface area (TPSA) is 87.7 Å². The fourth-order valence-corrected chi connectivity index (χ4v) is 3.35. The second-order valence-electron chi connectivity index (χ2n) is 7.32. The molecule has 1 heterocycles. The number of rotatable bonds is 5. The first-order chi connectivity index (χ1) is 13.0. The Labute approximate surface area is 159 Å². The van der Waals surface area contributed by atoms with E-state index in [9.17, 15) is 14.4 Å². The molecule has 1 aliphatic carbocycles. The monoisotopic (exact) mass is 373 g/mol. The number of hydrogen-bond acceptors (Lipinski definition) is 4. The zero-order valence-corrected chi connectivity index (χ0v) is 15.9. The van der Waals surface area contributed by atoms with E-state index in [2.05, 4.69) is 17.6 Å². The molecule has 7 heteroatoms. The van der Waals surface area contributed by atoms with Crippen molar-refractivity contribution in [2.75, 3.05) is 25.0 Å².